The van der Waals surface area contributed by atoms with E-state index in [1.807, 2.05) is 6.07 Å². The first kappa shape index (κ1) is 15.5. The van der Waals surface area contributed by atoms with Gasteiger partial charge in [-0.25, -0.2) is 4.39 Å². The minimum atomic E-state index is -0.147. The van der Waals surface area contributed by atoms with E-state index in [4.69, 9.17) is 4.74 Å². The summed E-state index contributed by atoms with van der Waals surface area (Å²) >= 11 is 0. The van der Waals surface area contributed by atoms with E-state index in [0.29, 0.717) is 12.0 Å². The summed E-state index contributed by atoms with van der Waals surface area (Å²) in [5.41, 5.74) is 1.08. The number of rotatable bonds is 10. The molecule has 0 bridgehead atoms. The highest BCUT2D eigenvalue weighted by molar-refractivity contribution is 5.21. The fraction of sp³-hybridized carbons (Fsp3) is 0.647. The van der Waals surface area contributed by atoms with Crippen molar-refractivity contribution < 1.29 is 9.13 Å². The second-order valence-corrected chi connectivity index (χ2v) is 5.69. The van der Waals surface area contributed by atoms with Gasteiger partial charge in [0.1, 0.15) is 5.82 Å². The van der Waals surface area contributed by atoms with Crippen LogP contribution in [0.5, 0.6) is 0 Å². The van der Waals surface area contributed by atoms with Crippen molar-refractivity contribution in [1.29, 1.82) is 0 Å². The molecule has 0 heterocycles. The van der Waals surface area contributed by atoms with Crippen molar-refractivity contribution >= 4 is 0 Å². The van der Waals surface area contributed by atoms with E-state index in [0.717, 1.165) is 44.6 Å². The lowest BCUT2D eigenvalue weighted by atomic mass is 9.96. The molecule has 1 saturated carbocycles. The number of hydrogen-bond acceptors (Lipinski definition) is 2. The minimum absolute atomic E-state index is 0.147. The Morgan fingerprint density at radius 1 is 1.35 bits per heavy atom. The molecule has 0 radical (unpaired) electrons. The summed E-state index contributed by atoms with van der Waals surface area (Å²) in [5.74, 6) is 0.193. The molecule has 1 unspecified atom stereocenters. The molecule has 0 saturated heterocycles. The van der Waals surface area contributed by atoms with Gasteiger partial charge in [-0.1, -0.05) is 25.5 Å². The first-order valence-corrected chi connectivity index (χ1v) is 7.86. The van der Waals surface area contributed by atoms with Crippen LogP contribution in [0.25, 0.3) is 0 Å². The number of halogens is 1. The largest absolute Gasteiger partial charge is 0.381 e. The Kier molecular flexibility index (Phi) is 6.48. The van der Waals surface area contributed by atoms with E-state index in [1.165, 1.54) is 18.9 Å². The summed E-state index contributed by atoms with van der Waals surface area (Å²) < 4.78 is 19.0. The predicted octanol–water partition coefficient (Wildman–Crippen LogP) is 3.87. The van der Waals surface area contributed by atoms with E-state index in [2.05, 4.69) is 12.2 Å². The van der Waals surface area contributed by atoms with Crippen molar-refractivity contribution in [2.75, 3.05) is 19.8 Å². The highest BCUT2D eigenvalue weighted by Gasteiger charge is 2.22. The molecular weight excluding hydrogens is 253 g/mol. The average molecular weight is 279 g/mol. The molecule has 2 nitrogen and oxygen atoms in total. The molecule has 20 heavy (non-hydrogen) atoms. The summed E-state index contributed by atoms with van der Waals surface area (Å²) in [6, 6.07) is 7.67. The molecule has 1 fully saturated rings. The van der Waals surface area contributed by atoms with E-state index in [-0.39, 0.29) is 5.82 Å². The summed E-state index contributed by atoms with van der Waals surface area (Å²) in [6.45, 7) is 4.68. The van der Waals surface area contributed by atoms with Crippen LogP contribution in [0.15, 0.2) is 24.3 Å². The van der Waals surface area contributed by atoms with E-state index in [9.17, 15) is 4.39 Å². The molecule has 3 heteroatoms. The van der Waals surface area contributed by atoms with Crippen LogP contribution in [0.3, 0.4) is 0 Å². The Morgan fingerprint density at radius 2 is 2.20 bits per heavy atom. The monoisotopic (exact) mass is 279 g/mol. The summed E-state index contributed by atoms with van der Waals surface area (Å²) in [4.78, 5) is 0. The average Bonchev–Trinajstić information content (AvgIpc) is 3.26. The zero-order valence-electron chi connectivity index (χ0n) is 12.4. The van der Waals surface area contributed by atoms with Gasteiger partial charge in [-0.3, -0.25) is 0 Å². The number of unbranched alkanes of at least 4 members (excludes halogenated alkanes) is 1. The lowest BCUT2D eigenvalue weighted by Crippen LogP contribution is -2.24. The van der Waals surface area contributed by atoms with Gasteiger partial charge >= 0.3 is 0 Å². The van der Waals surface area contributed by atoms with Crippen LogP contribution in [-0.4, -0.2) is 25.8 Å². The minimum Gasteiger partial charge on any atom is -0.381 e. The molecule has 1 atom stereocenters. The second kappa shape index (κ2) is 8.38. The maximum absolute atomic E-state index is 13.4. The standard InChI is InChI=1S/C17H26FNO/c1-2-3-10-20-11-9-15(13-19-17-7-8-17)14-5-4-6-16(18)12-14/h4-6,12,15,17,19H,2-3,7-11,13H2,1H3. The van der Waals surface area contributed by atoms with Gasteiger partial charge < -0.3 is 10.1 Å². The molecule has 1 aliphatic carbocycles. The van der Waals surface area contributed by atoms with Gasteiger partial charge in [-0.15, -0.1) is 0 Å². The highest BCUT2D eigenvalue weighted by atomic mass is 19.1. The number of ether oxygens (including phenoxy) is 1. The van der Waals surface area contributed by atoms with Crippen LogP contribution in [-0.2, 0) is 4.74 Å². The third-order valence-corrected chi connectivity index (χ3v) is 3.80. The molecule has 112 valence electrons. The number of hydrogen-bond donors (Lipinski definition) is 1. The Balaban J connectivity index is 1.82. The summed E-state index contributed by atoms with van der Waals surface area (Å²) in [6.07, 6.45) is 5.79. The van der Waals surface area contributed by atoms with Crippen molar-refractivity contribution in [1.82, 2.24) is 5.32 Å². The topological polar surface area (TPSA) is 21.3 Å². The van der Waals surface area contributed by atoms with Crippen LogP contribution < -0.4 is 5.32 Å². The molecule has 1 aliphatic rings. The molecule has 0 aromatic heterocycles. The van der Waals surface area contributed by atoms with Gasteiger partial charge in [-0.2, -0.15) is 0 Å². The molecule has 0 spiro atoms. The van der Waals surface area contributed by atoms with E-state index >= 15 is 0 Å². The van der Waals surface area contributed by atoms with Gasteiger partial charge in [0.15, 0.2) is 0 Å². The van der Waals surface area contributed by atoms with Gasteiger partial charge in [0.2, 0.25) is 0 Å². The molecular formula is C17H26FNO. The lowest BCUT2D eigenvalue weighted by molar-refractivity contribution is 0.124. The van der Waals surface area contributed by atoms with E-state index in [1.54, 1.807) is 12.1 Å². The Morgan fingerprint density at radius 3 is 2.90 bits per heavy atom. The smallest absolute Gasteiger partial charge is 0.123 e. The molecule has 0 amide bonds. The van der Waals surface area contributed by atoms with Gasteiger partial charge in [0.05, 0.1) is 0 Å². The zero-order valence-corrected chi connectivity index (χ0v) is 12.4. The lowest BCUT2D eigenvalue weighted by Gasteiger charge is -2.18. The summed E-state index contributed by atoms with van der Waals surface area (Å²) in [7, 11) is 0. The third kappa shape index (κ3) is 5.59. The highest BCUT2D eigenvalue weighted by Crippen LogP contribution is 2.24. The van der Waals surface area contributed by atoms with Gasteiger partial charge in [0.25, 0.3) is 0 Å². The fourth-order valence-electron chi connectivity index (χ4n) is 2.32. The van der Waals surface area contributed by atoms with Crippen LogP contribution >= 0.6 is 0 Å². The Bertz CT molecular complexity index is 392. The number of benzene rings is 1. The fourth-order valence-corrected chi connectivity index (χ4v) is 2.32. The van der Waals surface area contributed by atoms with Crippen molar-refractivity contribution in [2.45, 2.75) is 51.0 Å². The van der Waals surface area contributed by atoms with Gasteiger partial charge in [0, 0.05) is 25.8 Å². The molecule has 1 aromatic rings. The maximum Gasteiger partial charge on any atom is 0.123 e. The second-order valence-electron chi connectivity index (χ2n) is 5.69. The molecule has 1 aromatic carbocycles. The van der Waals surface area contributed by atoms with Crippen molar-refractivity contribution in [2.24, 2.45) is 0 Å². The van der Waals surface area contributed by atoms with Crippen molar-refractivity contribution in [3.8, 4) is 0 Å². The quantitative estimate of drug-likeness (QED) is 0.656. The Hall–Kier alpha value is -0.930. The number of nitrogens with one attached hydrogen (secondary N) is 1. The van der Waals surface area contributed by atoms with Crippen LogP contribution in [0.1, 0.15) is 50.5 Å². The SMILES string of the molecule is CCCCOCCC(CNC1CC1)c1cccc(F)c1. The zero-order chi connectivity index (χ0) is 14.2. The first-order chi connectivity index (χ1) is 9.79. The first-order valence-electron chi connectivity index (χ1n) is 7.86. The molecule has 0 aliphatic heterocycles. The van der Waals surface area contributed by atoms with Crippen LogP contribution in [0.2, 0.25) is 0 Å². The predicted molar refractivity (Wildman–Crippen MR) is 80.5 cm³/mol. The molecule has 2 rings (SSSR count). The summed E-state index contributed by atoms with van der Waals surface area (Å²) in [5, 5.41) is 3.55. The normalized spacial score (nSPS) is 16.3. The van der Waals surface area contributed by atoms with E-state index < -0.39 is 0 Å². The van der Waals surface area contributed by atoms with Crippen molar-refractivity contribution in [3.05, 3.63) is 35.6 Å². The third-order valence-electron chi connectivity index (χ3n) is 3.80. The Labute approximate surface area is 121 Å². The maximum atomic E-state index is 13.4. The van der Waals surface area contributed by atoms with Crippen LogP contribution in [0, 0.1) is 5.82 Å². The van der Waals surface area contributed by atoms with Gasteiger partial charge in [-0.05, 0) is 49.3 Å². The van der Waals surface area contributed by atoms with Crippen LogP contribution in [0.4, 0.5) is 4.39 Å². The van der Waals surface area contributed by atoms with Crippen molar-refractivity contribution in [3.63, 3.8) is 0 Å². The molecule has 1 N–H and O–H groups in total.